The highest BCUT2D eigenvalue weighted by atomic mass is 32.1. The molecule has 0 radical (unpaired) electrons. The van der Waals surface area contributed by atoms with Crippen LogP contribution >= 0.6 is 12.6 Å². The highest BCUT2D eigenvalue weighted by Crippen LogP contribution is 2.23. The minimum Gasteiger partial charge on any atom is -0.494 e. The Hall–Kier alpha value is -4.00. The first-order chi connectivity index (χ1) is 19.6. The third kappa shape index (κ3) is 8.01. The number of thiol groups is 1. The molecule has 0 amide bonds. The van der Waals surface area contributed by atoms with Gasteiger partial charge in [-0.05, 0) is 90.2 Å². The smallest absolute Gasteiger partial charge is 0.123 e. The Morgan fingerprint density at radius 3 is 1.88 bits per heavy atom. The number of aromatic nitrogens is 2. The summed E-state index contributed by atoms with van der Waals surface area (Å²) in [5, 5.41) is 0. The molecule has 0 bridgehead atoms. The molecule has 0 saturated carbocycles. The van der Waals surface area contributed by atoms with E-state index in [1.807, 2.05) is 67.3 Å². The maximum atomic E-state index is 13.4. The molecule has 4 nitrogen and oxygen atoms in total. The van der Waals surface area contributed by atoms with Crippen molar-refractivity contribution in [2.24, 2.45) is 0 Å². The van der Waals surface area contributed by atoms with Crippen LogP contribution in [0.5, 0.6) is 5.75 Å². The van der Waals surface area contributed by atoms with Crippen LogP contribution in [0.4, 0.5) is 4.39 Å². The predicted molar refractivity (Wildman–Crippen MR) is 162 cm³/mol. The summed E-state index contributed by atoms with van der Waals surface area (Å²) < 4.78 is 19.4. The summed E-state index contributed by atoms with van der Waals surface area (Å²) in [6.07, 6.45) is 9.52. The van der Waals surface area contributed by atoms with Crippen LogP contribution in [0.25, 0.3) is 22.3 Å². The Balaban J connectivity index is 1.27. The molecule has 0 spiro atoms. The minimum atomic E-state index is -0.243. The van der Waals surface area contributed by atoms with Gasteiger partial charge in [0.15, 0.2) is 0 Å². The van der Waals surface area contributed by atoms with E-state index in [0.717, 1.165) is 76.5 Å². The van der Waals surface area contributed by atoms with E-state index in [1.54, 1.807) is 12.1 Å². The predicted octanol–water partition coefficient (Wildman–Crippen LogP) is 8.10. The van der Waals surface area contributed by atoms with Gasteiger partial charge in [-0.3, -0.25) is 14.9 Å². The van der Waals surface area contributed by atoms with Crippen LogP contribution in [0.1, 0.15) is 24.0 Å². The molecule has 6 heteroatoms. The first-order valence-electron chi connectivity index (χ1n) is 13.5. The second-order valence-electron chi connectivity index (χ2n) is 9.80. The molecule has 0 N–H and O–H groups in total. The number of rotatable bonds is 12. The van der Waals surface area contributed by atoms with Crippen LogP contribution in [0.15, 0.2) is 121 Å². The summed E-state index contributed by atoms with van der Waals surface area (Å²) in [5.74, 6) is 0.621. The van der Waals surface area contributed by atoms with Crippen LogP contribution < -0.4 is 4.74 Å². The molecule has 0 unspecified atom stereocenters. The first-order valence-corrected chi connectivity index (χ1v) is 13.9. The maximum Gasteiger partial charge on any atom is 0.123 e. The second-order valence-corrected chi connectivity index (χ2v) is 10.3. The van der Waals surface area contributed by atoms with Gasteiger partial charge >= 0.3 is 0 Å². The SMILES string of the molecule is Fc1ccc(-c2cncc(CN(CCCCOc3ccc(S)cc3)Cc3cncc(-c4ccccc4)c3)c2)cc1. The van der Waals surface area contributed by atoms with Crippen molar-refractivity contribution in [1.82, 2.24) is 14.9 Å². The zero-order valence-electron chi connectivity index (χ0n) is 22.3. The molecule has 40 heavy (non-hydrogen) atoms. The zero-order valence-corrected chi connectivity index (χ0v) is 23.2. The lowest BCUT2D eigenvalue weighted by Gasteiger charge is -2.23. The number of halogens is 1. The molecule has 3 aromatic carbocycles. The molecule has 2 aromatic heterocycles. The fourth-order valence-corrected chi connectivity index (χ4v) is 4.79. The van der Waals surface area contributed by atoms with Gasteiger partial charge in [0.1, 0.15) is 11.6 Å². The topological polar surface area (TPSA) is 38.2 Å². The number of hydrogen-bond donors (Lipinski definition) is 1. The van der Waals surface area contributed by atoms with E-state index in [0.29, 0.717) is 6.61 Å². The van der Waals surface area contributed by atoms with Gasteiger partial charge in [-0.2, -0.15) is 0 Å². The summed E-state index contributed by atoms with van der Waals surface area (Å²) in [5.41, 5.74) is 6.46. The van der Waals surface area contributed by atoms with Gasteiger partial charge in [0.25, 0.3) is 0 Å². The van der Waals surface area contributed by atoms with Gasteiger partial charge in [-0.1, -0.05) is 42.5 Å². The largest absolute Gasteiger partial charge is 0.494 e. The van der Waals surface area contributed by atoms with Crippen LogP contribution in [0.2, 0.25) is 0 Å². The molecule has 2 heterocycles. The second kappa shape index (κ2) is 13.9. The van der Waals surface area contributed by atoms with Crippen LogP contribution in [-0.4, -0.2) is 28.0 Å². The Bertz CT molecular complexity index is 1490. The lowest BCUT2D eigenvalue weighted by molar-refractivity contribution is 0.236. The fraction of sp³-hybridized carbons (Fsp3) is 0.176. The van der Waals surface area contributed by atoms with E-state index >= 15 is 0 Å². The Labute approximate surface area is 240 Å². The average Bonchev–Trinajstić information content (AvgIpc) is 2.99. The van der Waals surface area contributed by atoms with Crippen molar-refractivity contribution in [2.45, 2.75) is 30.8 Å². The summed E-state index contributed by atoms with van der Waals surface area (Å²) in [7, 11) is 0. The van der Waals surface area contributed by atoms with Crippen molar-refractivity contribution >= 4 is 12.6 Å². The zero-order chi connectivity index (χ0) is 27.6. The maximum absolute atomic E-state index is 13.4. The number of nitrogens with zero attached hydrogens (tertiary/aromatic N) is 3. The Kier molecular flexibility index (Phi) is 9.56. The standard InChI is InChI=1S/C34H32FN3OS/c35-32-10-8-29(9-11-32)31-19-27(21-37-23-31)25-38(16-4-5-17-39-33-12-14-34(40)15-13-33)24-26-18-30(22-36-20-26)28-6-2-1-3-7-28/h1-3,6-15,18-23,40H,4-5,16-17,24-25H2. The van der Waals surface area contributed by atoms with E-state index < -0.39 is 0 Å². The summed E-state index contributed by atoms with van der Waals surface area (Å²) in [6, 6.07) is 29.0. The van der Waals surface area contributed by atoms with Gasteiger partial charge < -0.3 is 4.74 Å². The van der Waals surface area contributed by atoms with Crippen molar-refractivity contribution in [3.8, 4) is 28.0 Å². The average molecular weight is 550 g/mol. The molecule has 0 aliphatic heterocycles. The highest BCUT2D eigenvalue weighted by molar-refractivity contribution is 7.80. The normalized spacial score (nSPS) is 11.1. The van der Waals surface area contributed by atoms with Crippen molar-refractivity contribution in [3.63, 3.8) is 0 Å². The molecule has 0 atom stereocenters. The fourth-order valence-electron chi connectivity index (χ4n) is 4.64. The molecule has 0 saturated heterocycles. The molecular formula is C34H32FN3OS. The van der Waals surface area contributed by atoms with Gasteiger partial charge in [-0.15, -0.1) is 12.6 Å². The molecular weight excluding hydrogens is 517 g/mol. The number of ether oxygens (including phenoxy) is 1. The van der Waals surface area contributed by atoms with Crippen LogP contribution in [0.3, 0.4) is 0 Å². The molecule has 0 aliphatic carbocycles. The lowest BCUT2D eigenvalue weighted by Crippen LogP contribution is -2.24. The van der Waals surface area contributed by atoms with Crippen molar-refractivity contribution in [1.29, 1.82) is 0 Å². The first kappa shape index (κ1) is 27.6. The van der Waals surface area contributed by atoms with Crippen molar-refractivity contribution in [3.05, 3.63) is 133 Å². The Morgan fingerprint density at radius 1 is 0.650 bits per heavy atom. The van der Waals surface area contributed by atoms with Crippen LogP contribution in [-0.2, 0) is 13.1 Å². The van der Waals surface area contributed by atoms with Gasteiger partial charge in [-0.25, -0.2) is 4.39 Å². The summed E-state index contributed by atoms with van der Waals surface area (Å²) in [6.45, 7) is 3.06. The van der Waals surface area contributed by atoms with Gasteiger partial charge in [0.2, 0.25) is 0 Å². The van der Waals surface area contributed by atoms with Crippen molar-refractivity contribution in [2.75, 3.05) is 13.2 Å². The quantitative estimate of drug-likeness (QED) is 0.126. The number of pyridine rings is 2. The van der Waals surface area contributed by atoms with E-state index in [2.05, 4.69) is 51.8 Å². The van der Waals surface area contributed by atoms with Crippen molar-refractivity contribution < 1.29 is 9.13 Å². The van der Waals surface area contributed by atoms with Gasteiger partial charge in [0, 0.05) is 53.9 Å². The molecule has 0 aliphatic rings. The van der Waals surface area contributed by atoms with E-state index in [4.69, 9.17) is 4.74 Å². The lowest BCUT2D eigenvalue weighted by atomic mass is 10.0. The van der Waals surface area contributed by atoms with E-state index in [-0.39, 0.29) is 5.82 Å². The molecule has 5 aromatic rings. The monoisotopic (exact) mass is 549 g/mol. The summed E-state index contributed by atoms with van der Waals surface area (Å²) in [4.78, 5) is 12.4. The molecule has 202 valence electrons. The number of hydrogen-bond acceptors (Lipinski definition) is 5. The van der Waals surface area contributed by atoms with Crippen LogP contribution in [0, 0.1) is 5.82 Å². The minimum absolute atomic E-state index is 0.243. The molecule has 0 fully saturated rings. The number of benzene rings is 3. The molecule has 5 rings (SSSR count). The van der Waals surface area contributed by atoms with E-state index in [1.165, 1.54) is 12.1 Å². The number of unbranched alkanes of at least 4 members (excludes halogenated alkanes) is 1. The Morgan fingerprint density at radius 2 is 1.25 bits per heavy atom. The highest BCUT2D eigenvalue weighted by Gasteiger charge is 2.11. The van der Waals surface area contributed by atoms with E-state index in [9.17, 15) is 4.39 Å². The third-order valence-electron chi connectivity index (χ3n) is 6.66. The third-order valence-corrected chi connectivity index (χ3v) is 6.96. The van der Waals surface area contributed by atoms with Gasteiger partial charge in [0.05, 0.1) is 6.61 Å². The summed E-state index contributed by atoms with van der Waals surface area (Å²) >= 11 is 4.33.